The van der Waals surface area contributed by atoms with Gasteiger partial charge >= 0.3 is 0 Å². The number of carbonyl (C=O) groups excluding carboxylic acids is 1. The van der Waals surface area contributed by atoms with Crippen LogP contribution in [0.2, 0.25) is 0 Å². The van der Waals surface area contributed by atoms with Crippen LogP contribution in [0.3, 0.4) is 0 Å². The minimum atomic E-state index is -0.112. The first-order valence-corrected chi connectivity index (χ1v) is 11.3. The second-order valence-electron chi connectivity index (χ2n) is 8.73. The third kappa shape index (κ3) is 3.62. The largest absolute Gasteiger partial charge is 0.497 e. The number of carbonyl (C=O) groups is 1. The summed E-state index contributed by atoms with van der Waals surface area (Å²) in [5.74, 6) is 2.93. The van der Waals surface area contributed by atoms with Crippen molar-refractivity contribution in [1.82, 2.24) is 4.90 Å². The predicted octanol–water partition coefficient (Wildman–Crippen LogP) is 5.11. The van der Waals surface area contributed by atoms with Gasteiger partial charge in [-0.05, 0) is 44.0 Å². The van der Waals surface area contributed by atoms with E-state index in [1.807, 2.05) is 25.1 Å². The molecule has 6 nitrogen and oxygen atoms in total. The van der Waals surface area contributed by atoms with Gasteiger partial charge in [0.1, 0.15) is 29.7 Å². The number of hydrogen-bond donors (Lipinski definition) is 0. The van der Waals surface area contributed by atoms with Gasteiger partial charge in [-0.1, -0.05) is 19.3 Å². The Morgan fingerprint density at radius 2 is 1.88 bits per heavy atom. The van der Waals surface area contributed by atoms with E-state index >= 15 is 0 Å². The number of Topliss-reactive ketones (excluding diaryl/α,β-unsaturated/α-hetero) is 1. The molecule has 0 radical (unpaired) electrons. The van der Waals surface area contributed by atoms with Gasteiger partial charge in [0.2, 0.25) is 5.78 Å². The number of nitrogens with zero attached hydrogens (tertiary/aromatic N) is 1. The predicted molar refractivity (Wildman–Crippen MR) is 122 cm³/mol. The smallest absolute Gasteiger partial charge is 0.231 e. The summed E-state index contributed by atoms with van der Waals surface area (Å²) in [7, 11) is 3.20. The van der Waals surface area contributed by atoms with Crippen molar-refractivity contribution in [3.8, 4) is 23.0 Å². The average molecular weight is 436 g/mol. The molecule has 3 aliphatic rings. The van der Waals surface area contributed by atoms with Crippen LogP contribution in [-0.4, -0.2) is 37.7 Å². The molecule has 1 aliphatic carbocycles. The van der Waals surface area contributed by atoms with Crippen molar-refractivity contribution >= 4 is 11.9 Å². The molecule has 0 amide bonds. The third-order valence-corrected chi connectivity index (χ3v) is 6.78. The van der Waals surface area contributed by atoms with Crippen LogP contribution in [0.5, 0.6) is 23.0 Å². The van der Waals surface area contributed by atoms with E-state index in [0.29, 0.717) is 35.6 Å². The van der Waals surface area contributed by atoms with Crippen molar-refractivity contribution in [3.63, 3.8) is 0 Å². The highest BCUT2D eigenvalue weighted by Crippen LogP contribution is 2.44. The number of benzene rings is 2. The zero-order valence-electron chi connectivity index (χ0n) is 18.9. The van der Waals surface area contributed by atoms with Gasteiger partial charge in [0.25, 0.3) is 0 Å². The van der Waals surface area contributed by atoms with E-state index in [2.05, 4.69) is 4.90 Å². The van der Waals surface area contributed by atoms with E-state index in [4.69, 9.17) is 18.9 Å². The Balaban J connectivity index is 1.45. The van der Waals surface area contributed by atoms with Crippen LogP contribution in [-0.2, 0) is 6.54 Å². The maximum Gasteiger partial charge on any atom is 0.231 e. The highest BCUT2D eigenvalue weighted by atomic mass is 16.5. The summed E-state index contributed by atoms with van der Waals surface area (Å²) in [4.78, 5) is 15.6. The highest BCUT2D eigenvalue weighted by molar-refractivity contribution is 6.15. The molecule has 32 heavy (non-hydrogen) atoms. The maximum atomic E-state index is 13.2. The Bertz CT molecular complexity index is 1080. The van der Waals surface area contributed by atoms with Crippen LogP contribution in [0.1, 0.15) is 59.2 Å². The number of ketones is 1. The van der Waals surface area contributed by atoms with E-state index in [-0.39, 0.29) is 11.5 Å². The van der Waals surface area contributed by atoms with E-state index in [0.717, 1.165) is 29.0 Å². The number of methoxy groups -OCH3 is 2. The van der Waals surface area contributed by atoms with Crippen molar-refractivity contribution in [2.24, 2.45) is 0 Å². The Morgan fingerprint density at radius 1 is 1.06 bits per heavy atom. The second kappa shape index (κ2) is 8.51. The van der Waals surface area contributed by atoms with E-state index < -0.39 is 0 Å². The lowest BCUT2D eigenvalue weighted by Crippen LogP contribution is -2.41. The van der Waals surface area contributed by atoms with Gasteiger partial charge in [0.05, 0.1) is 19.8 Å². The van der Waals surface area contributed by atoms with Crippen molar-refractivity contribution in [3.05, 3.63) is 52.3 Å². The monoisotopic (exact) mass is 435 g/mol. The fraction of sp³-hybridized carbons (Fsp3) is 0.423. The van der Waals surface area contributed by atoms with Crippen LogP contribution >= 0.6 is 0 Å². The second-order valence-corrected chi connectivity index (χ2v) is 8.73. The molecule has 0 bridgehead atoms. The van der Waals surface area contributed by atoms with Crippen LogP contribution in [0.25, 0.3) is 6.08 Å². The van der Waals surface area contributed by atoms with Gasteiger partial charge in [-0.3, -0.25) is 9.69 Å². The summed E-state index contributed by atoms with van der Waals surface area (Å²) in [6, 6.07) is 8.00. The molecule has 6 heteroatoms. The molecule has 1 saturated carbocycles. The van der Waals surface area contributed by atoms with Crippen LogP contribution < -0.4 is 18.9 Å². The number of allylic oxidation sites excluding steroid dienone is 1. The summed E-state index contributed by atoms with van der Waals surface area (Å²) < 4.78 is 23.0. The molecule has 5 rings (SSSR count). The molecule has 0 unspecified atom stereocenters. The molecule has 2 aliphatic heterocycles. The van der Waals surface area contributed by atoms with Crippen molar-refractivity contribution in [2.45, 2.75) is 51.6 Å². The molecule has 0 spiro atoms. The highest BCUT2D eigenvalue weighted by Gasteiger charge is 2.35. The number of ether oxygens (including phenoxy) is 4. The van der Waals surface area contributed by atoms with Gasteiger partial charge in [-0.2, -0.15) is 0 Å². The molecular formula is C26H29NO5. The fourth-order valence-electron chi connectivity index (χ4n) is 5.03. The van der Waals surface area contributed by atoms with Crippen LogP contribution in [0.15, 0.2) is 30.0 Å². The third-order valence-electron chi connectivity index (χ3n) is 6.78. The molecule has 0 saturated heterocycles. The molecule has 1 fully saturated rings. The van der Waals surface area contributed by atoms with Crippen LogP contribution in [0.4, 0.5) is 0 Å². The fourth-order valence-corrected chi connectivity index (χ4v) is 5.03. The minimum Gasteiger partial charge on any atom is -0.497 e. The van der Waals surface area contributed by atoms with E-state index in [1.165, 1.54) is 32.1 Å². The lowest BCUT2D eigenvalue weighted by molar-refractivity contribution is 0.0397. The quantitative estimate of drug-likeness (QED) is 0.622. The SMILES string of the molecule is COc1ccc(/C=C2\Oc3c(cc4c(c3C)OCN(C3CCCCC3)C4)C2=O)c(OC)c1. The van der Waals surface area contributed by atoms with Gasteiger partial charge in [-0.15, -0.1) is 0 Å². The Hall–Kier alpha value is -2.99. The summed E-state index contributed by atoms with van der Waals surface area (Å²) in [5.41, 5.74) is 3.32. The average Bonchev–Trinajstić information content (AvgIpc) is 3.15. The Kier molecular flexibility index (Phi) is 5.55. The first-order chi connectivity index (χ1) is 15.6. The van der Waals surface area contributed by atoms with Gasteiger partial charge in [0.15, 0.2) is 5.76 Å². The number of fused-ring (bicyclic) bond motifs is 2. The van der Waals surface area contributed by atoms with E-state index in [9.17, 15) is 4.79 Å². The standard InChI is InChI=1S/C26H29NO5/c1-16-25-18(14-27(15-31-25)19-7-5-4-6-8-19)11-21-24(28)23(32-26(16)21)12-17-9-10-20(29-2)13-22(17)30-3/h9-13,19H,4-8,14-15H2,1-3H3/b23-12-. The zero-order chi connectivity index (χ0) is 22.2. The lowest BCUT2D eigenvalue weighted by Gasteiger charge is -2.37. The van der Waals surface area contributed by atoms with Gasteiger partial charge < -0.3 is 18.9 Å². The topological polar surface area (TPSA) is 57.2 Å². The number of rotatable bonds is 4. The summed E-state index contributed by atoms with van der Waals surface area (Å²) >= 11 is 0. The Labute approximate surface area is 188 Å². The van der Waals surface area contributed by atoms with Gasteiger partial charge in [0, 0.05) is 35.3 Å². The summed E-state index contributed by atoms with van der Waals surface area (Å²) in [6.07, 6.45) is 8.07. The molecule has 0 aromatic heterocycles. The zero-order valence-corrected chi connectivity index (χ0v) is 18.9. The molecule has 2 heterocycles. The minimum absolute atomic E-state index is 0.112. The molecule has 2 aromatic rings. The molecule has 0 atom stereocenters. The number of hydrogen-bond acceptors (Lipinski definition) is 6. The normalized spacial score (nSPS) is 19.8. The van der Waals surface area contributed by atoms with Crippen LogP contribution in [0, 0.1) is 6.92 Å². The summed E-state index contributed by atoms with van der Waals surface area (Å²) in [5, 5.41) is 0. The van der Waals surface area contributed by atoms with Crippen molar-refractivity contribution in [2.75, 3.05) is 21.0 Å². The van der Waals surface area contributed by atoms with Crippen molar-refractivity contribution in [1.29, 1.82) is 0 Å². The molecule has 0 N–H and O–H groups in total. The van der Waals surface area contributed by atoms with Gasteiger partial charge in [-0.25, -0.2) is 0 Å². The summed E-state index contributed by atoms with van der Waals surface area (Å²) in [6.45, 7) is 3.38. The maximum absolute atomic E-state index is 13.2. The Morgan fingerprint density at radius 3 is 2.62 bits per heavy atom. The first-order valence-electron chi connectivity index (χ1n) is 11.3. The molecule has 2 aromatic carbocycles. The van der Waals surface area contributed by atoms with Crippen molar-refractivity contribution < 1.29 is 23.7 Å². The first kappa shape index (κ1) is 20.9. The molecular weight excluding hydrogens is 406 g/mol. The lowest BCUT2D eigenvalue weighted by atomic mass is 9.93. The molecule has 168 valence electrons. The van der Waals surface area contributed by atoms with E-state index in [1.54, 1.807) is 26.4 Å².